The van der Waals surface area contributed by atoms with Gasteiger partial charge >= 0.3 is 0 Å². The monoisotopic (exact) mass is 346 g/mol. The van der Waals surface area contributed by atoms with Gasteiger partial charge in [-0.05, 0) is 25.1 Å². The topological polar surface area (TPSA) is 102 Å². The fourth-order valence-corrected chi connectivity index (χ4v) is 1.72. The molecule has 0 saturated heterocycles. The molecule has 0 saturated carbocycles. The number of nitriles is 1. The van der Waals surface area contributed by atoms with E-state index in [1.165, 1.54) is 0 Å². The molecule has 1 aromatic carbocycles. The maximum absolute atomic E-state index is 11.3. The number of carbonyl (C=O) groups excluding carboxylic acids is 1. The Bertz CT molecular complexity index is 708. The van der Waals surface area contributed by atoms with E-state index in [1.807, 2.05) is 6.07 Å². The molecule has 0 spiro atoms. The number of benzene rings is 1. The first kappa shape index (κ1) is 14.9. The third kappa shape index (κ3) is 3.17. The fourth-order valence-electron chi connectivity index (χ4n) is 1.51. The van der Waals surface area contributed by atoms with E-state index in [4.69, 9.17) is 15.7 Å². The van der Waals surface area contributed by atoms with Crippen molar-refractivity contribution in [2.75, 3.05) is 0 Å². The normalized spacial score (nSPS) is 13.0. The van der Waals surface area contributed by atoms with Crippen LogP contribution in [0.1, 0.15) is 18.2 Å². The van der Waals surface area contributed by atoms with Crippen LogP contribution < -0.4 is 10.5 Å². The number of carbonyl (C=O) groups is 1. The van der Waals surface area contributed by atoms with Gasteiger partial charge in [0.2, 0.25) is 11.8 Å². The van der Waals surface area contributed by atoms with Gasteiger partial charge in [0.25, 0.3) is 0 Å². The summed E-state index contributed by atoms with van der Waals surface area (Å²) in [6.45, 7) is 1.59. The van der Waals surface area contributed by atoms with E-state index >= 15 is 0 Å². The Kier molecular flexibility index (Phi) is 4.19. The number of alkyl halides is 1. The third-order valence-corrected chi connectivity index (χ3v) is 3.60. The van der Waals surface area contributed by atoms with Gasteiger partial charge in [0.05, 0.1) is 11.3 Å². The van der Waals surface area contributed by atoms with Crippen LogP contribution in [0.2, 0.25) is 0 Å². The molecule has 2 N–H and O–H groups in total. The van der Waals surface area contributed by atoms with Crippen LogP contribution in [0.25, 0.3) is 0 Å². The van der Waals surface area contributed by atoms with E-state index in [0.717, 1.165) is 0 Å². The zero-order chi connectivity index (χ0) is 15.5. The standard InChI is InChI=1S/C14H11BrN4O2/c1-14(15,13(17)20)11-6-7-12(19-18-11)21-10-5-3-2-4-9(10)8-16/h2-7H,1H3,(H2,17,20). The van der Waals surface area contributed by atoms with E-state index in [9.17, 15) is 4.79 Å². The Morgan fingerprint density at radius 1 is 1.33 bits per heavy atom. The summed E-state index contributed by atoms with van der Waals surface area (Å²) < 4.78 is 4.41. The lowest BCUT2D eigenvalue weighted by Crippen LogP contribution is -2.33. The molecule has 0 aliphatic rings. The highest BCUT2D eigenvalue weighted by atomic mass is 79.9. The van der Waals surface area contributed by atoms with Crippen LogP contribution in [0, 0.1) is 11.3 Å². The zero-order valence-electron chi connectivity index (χ0n) is 11.1. The molecule has 1 aromatic heterocycles. The van der Waals surface area contributed by atoms with Gasteiger partial charge < -0.3 is 10.5 Å². The van der Waals surface area contributed by atoms with E-state index < -0.39 is 10.2 Å². The van der Waals surface area contributed by atoms with Crippen molar-refractivity contribution in [1.82, 2.24) is 10.2 Å². The molecule has 6 nitrogen and oxygen atoms in total. The first-order valence-electron chi connectivity index (χ1n) is 5.95. The summed E-state index contributed by atoms with van der Waals surface area (Å²) >= 11 is 3.21. The molecule has 1 atom stereocenters. The van der Waals surface area contributed by atoms with E-state index in [-0.39, 0.29) is 5.88 Å². The Balaban J connectivity index is 2.25. The highest BCUT2D eigenvalue weighted by Gasteiger charge is 2.31. The smallest absolute Gasteiger partial charge is 0.240 e. The minimum Gasteiger partial charge on any atom is -0.436 e. The number of nitrogens with zero attached hydrogens (tertiary/aromatic N) is 3. The molecule has 1 amide bonds. The molecule has 21 heavy (non-hydrogen) atoms. The molecule has 0 radical (unpaired) electrons. The van der Waals surface area contributed by atoms with Gasteiger partial charge in [0.1, 0.15) is 16.1 Å². The van der Waals surface area contributed by atoms with Gasteiger partial charge in [0.15, 0.2) is 0 Å². The Labute approximate surface area is 129 Å². The maximum atomic E-state index is 11.3. The number of halogens is 1. The number of hydrogen-bond acceptors (Lipinski definition) is 5. The number of rotatable bonds is 4. The van der Waals surface area contributed by atoms with Crippen LogP contribution >= 0.6 is 15.9 Å². The summed E-state index contributed by atoms with van der Waals surface area (Å²) in [5, 5.41) is 16.8. The van der Waals surface area contributed by atoms with Crippen LogP contribution in [0.4, 0.5) is 0 Å². The van der Waals surface area contributed by atoms with Crippen molar-refractivity contribution in [2.45, 2.75) is 11.2 Å². The maximum Gasteiger partial charge on any atom is 0.240 e. The minimum absolute atomic E-state index is 0.217. The van der Waals surface area contributed by atoms with Gasteiger partial charge in [-0.3, -0.25) is 4.79 Å². The van der Waals surface area contributed by atoms with Crippen molar-refractivity contribution in [3.05, 3.63) is 47.7 Å². The molecule has 0 bridgehead atoms. The second-order valence-electron chi connectivity index (χ2n) is 4.33. The average molecular weight is 347 g/mol. The number of aromatic nitrogens is 2. The highest BCUT2D eigenvalue weighted by molar-refractivity contribution is 9.10. The fraction of sp³-hybridized carbons (Fsp3) is 0.143. The average Bonchev–Trinajstić information content (AvgIpc) is 2.48. The molecular weight excluding hydrogens is 336 g/mol. The van der Waals surface area contributed by atoms with Crippen molar-refractivity contribution in [3.8, 4) is 17.7 Å². The van der Waals surface area contributed by atoms with Gasteiger partial charge in [0, 0.05) is 6.07 Å². The molecule has 1 heterocycles. The van der Waals surface area contributed by atoms with Crippen LogP contribution in [0.5, 0.6) is 11.6 Å². The highest BCUT2D eigenvalue weighted by Crippen LogP contribution is 2.29. The Morgan fingerprint density at radius 3 is 2.62 bits per heavy atom. The summed E-state index contributed by atoms with van der Waals surface area (Å²) in [6, 6.07) is 11.9. The van der Waals surface area contributed by atoms with E-state index in [1.54, 1.807) is 43.3 Å². The predicted octanol–water partition coefficient (Wildman–Crippen LogP) is 2.24. The largest absolute Gasteiger partial charge is 0.436 e. The first-order chi connectivity index (χ1) is 9.95. The van der Waals surface area contributed by atoms with E-state index in [0.29, 0.717) is 17.0 Å². The number of amides is 1. The molecule has 0 aliphatic heterocycles. The lowest BCUT2D eigenvalue weighted by Gasteiger charge is -2.16. The molecule has 0 aliphatic carbocycles. The van der Waals surface area contributed by atoms with Crippen LogP contribution in [0.3, 0.4) is 0 Å². The van der Waals surface area contributed by atoms with Crippen molar-refractivity contribution >= 4 is 21.8 Å². The molecule has 2 aromatic rings. The molecule has 7 heteroatoms. The number of nitrogens with two attached hydrogens (primary N) is 1. The number of primary amides is 1. The second-order valence-corrected chi connectivity index (χ2v) is 5.92. The van der Waals surface area contributed by atoms with Gasteiger partial charge in [-0.1, -0.05) is 28.1 Å². The van der Waals surface area contributed by atoms with Crippen molar-refractivity contribution in [2.24, 2.45) is 5.73 Å². The Hall–Kier alpha value is -2.46. The van der Waals surface area contributed by atoms with Crippen LogP contribution in [-0.2, 0) is 9.12 Å². The second kappa shape index (κ2) is 5.89. The quantitative estimate of drug-likeness (QED) is 0.855. The predicted molar refractivity (Wildman–Crippen MR) is 78.7 cm³/mol. The van der Waals surface area contributed by atoms with Crippen molar-refractivity contribution in [3.63, 3.8) is 0 Å². The van der Waals surface area contributed by atoms with Crippen molar-refractivity contribution in [1.29, 1.82) is 5.26 Å². The first-order valence-corrected chi connectivity index (χ1v) is 6.74. The SMILES string of the molecule is CC(Br)(C(N)=O)c1ccc(Oc2ccccc2C#N)nn1. The zero-order valence-corrected chi connectivity index (χ0v) is 12.7. The van der Waals surface area contributed by atoms with Gasteiger partial charge in [-0.15, -0.1) is 10.2 Å². The molecule has 1 unspecified atom stereocenters. The molecular formula is C14H11BrN4O2. The minimum atomic E-state index is -1.09. The Morgan fingerprint density at radius 2 is 2.05 bits per heavy atom. The summed E-state index contributed by atoms with van der Waals surface area (Å²) in [6.07, 6.45) is 0. The lowest BCUT2D eigenvalue weighted by atomic mass is 10.1. The van der Waals surface area contributed by atoms with Crippen LogP contribution in [0.15, 0.2) is 36.4 Å². The number of ether oxygens (including phenoxy) is 1. The molecule has 0 fully saturated rings. The summed E-state index contributed by atoms with van der Waals surface area (Å²) in [7, 11) is 0. The number of para-hydroxylation sites is 1. The van der Waals surface area contributed by atoms with E-state index in [2.05, 4.69) is 26.1 Å². The number of hydrogen-bond donors (Lipinski definition) is 1. The molecule has 106 valence electrons. The van der Waals surface area contributed by atoms with Gasteiger partial charge in [-0.25, -0.2) is 0 Å². The summed E-state index contributed by atoms with van der Waals surface area (Å²) in [5.41, 5.74) is 6.05. The lowest BCUT2D eigenvalue weighted by molar-refractivity contribution is -0.120. The van der Waals surface area contributed by atoms with Crippen LogP contribution in [-0.4, -0.2) is 16.1 Å². The third-order valence-electron chi connectivity index (χ3n) is 2.81. The molecule has 2 rings (SSSR count). The van der Waals surface area contributed by atoms with Gasteiger partial charge in [-0.2, -0.15) is 5.26 Å². The summed E-state index contributed by atoms with van der Waals surface area (Å²) in [5.74, 6) is 0.0353. The van der Waals surface area contributed by atoms with Crippen molar-refractivity contribution < 1.29 is 9.53 Å². The summed E-state index contributed by atoms with van der Waals surface area (Å²) in [4.78, 5) is 11.3.